The fourth-order valence-electron chi connectivity index (χ4n) is 2.99. The summed E-state index contributed by atoms with van der Waals surface area (Å²) in [6.45, 7) is 5.31. The van der Waals surface area contributed by atoms with E-state index in [-0.39, 0.29) is 11.8 Å². The van der Waals surface area contributed by atoms with Gasteiger partial charge in [0, 0.05) is 24.5 Å². The Morgan fingerprint density at radius 1 is 1.07 bits per heavy atom. The van der Waals surface area contributed by atoms with Gasteiger partial charge in [-0.05, 0) is 49.6 Å². The standard InChI is InChI=1S/C24H31ClN2O3/c1-3-4-16-26-24(29)19(2)27(18-20-9-6-5-7-10-20)23(28)11-8-17-30-22-14-12-21(25)13-15-22/h5-7,9-10,12-15,19H,3-4,8,11,16-18H2,1-2H3,(H,26,29)/t19-/m1/s1. The highest BCUT2D eigenvalue weighted by atomic mass is 35.5. The van der Waals surface area contributed by atoms with Gasteiger partial charge in [0.05, 0.1) is 6.61 Å². The zero-order chi connectivity index (χ0) is 21.8. The SMILES string of the molecule is CCCCNC(=O)[C@@H](C)N(Cc1ccccc1)C(=O)CCCOc1ccc(Cl)cc1. The molecule has 0 saturated heterocycles. The first kappa shape index (κ1) is 23.7. The molecule has 0 aliphatic carbocycles. The Morgan fingerprint density at radius 3 is 2.43 bits per heavy atom. The lowest BCUT2D eigenvalue weighted by Gasteiger charge is -2.29. The van der Waals surface area contributed by atoms with Crippen molar-refractivity contribution in [3.8, 4) is 5.75 Å². The Hall–Kier alpha value is -2.53. The van der Waals surface area contributed by atoms with E-state index < -0.39 is 6.04 Å². The maximum atomic E-state index is 13.0. The van der Waals surface area contributed by atoms with Gasteiger partial charge in [-0.3, -0.25) is 9.59 Å². The van der Waals surface area contributed by atoms with Crippen LogP contribution in [0.4, 0.5) is 0 Å². The molecule has 0 bridgehead atoms. The van der Waals surface area contributed by atoms with Crippen LogP contribution in [0.1, 0.15) is 45.1 Å². The fourth-order valence-corrected chi connectivity index (χ4v) is 3.11. The second-order valence-corrected chi connectivity index (χ2v) is 7.67. The molecule has 1 atom stereocenters. The van der Waals surface area contributed by atoms with Gasteiger partial charge in [0.2, 0.25) is 11.8 Å². The molecule has 2 aromatic rings. The summed E-state index contributed by atoms with van der Waals surface area (Å²) >= 11 is 5.87. The third kappa shape index (κ3) is 8.07. The maximum absolute atomic E-state index is 13.0. The van der Waals surface area contributed by atoms with Gasteiger partial charge in [-0.25, -0.2) is 0 Å². The zero-order valence-corrected chi connectivity index (χ0v) is 18.5. The molecule has 0 aromatic heterocycles. The number of nitrogens with zero attached hydrogens (tertiary/aromatic N) is 1. The highest BCUT2D eigenvalue weighted by Gasteiger charge is 2.25. The second-order valence-electron chi connectivity index (χ2n) is 7.23. The van der Waals surface area contributed by atoms with Gasteiger partial charge in [-0.15, -0.1) is 0 Å². The van der Waals surface area contributed by atoms with Crippen molar-refractivity contribution in [3.05, 3.63) is 65.2 Å². The number of nitrogens with one attached hydrogen (secondary N) is 1. The van der Waals surface area contributed by atoms with E-state index in [2.05, 4.69) is 12.2 Å². The Balaban J connectivity index is 1.93. The van der Waals surface area contributed by atoms with E-state index >= 15 is 0 Å². The number of ether oxygens (including phenoxy) is 1. The lowest BCUT2D eigenvalue weighted by Crippen LogP contribution is -2.47. The van der Waals surface area contributed by atoms with E-state index in [4.69, 9.17) is 16.3 Å². The molecule has 5 nitrogen and oxygen atoms in total. The summed E-state index contributed by atoms with van der Waals surface area (Å²) in [6, 6.07) is 16.3. The van der Waals surface area contributed by atoms with Crippen LogP contribution in [-0.4, -0.2) is 35.9 Å². The average molecular weight is 431 g/mol. The molecule has 0 aliphatic rings. The van der Waals surface area contributed by atoms with Crippen LogP contribution in [0, 0.1) is 0 Å². The lowest BCUT2D eigenvalue weighted by molar-refractivity contribution is -0.140. The second kappa shape index (κ2) is 12.9. The molecule has 0 heterocycles. The number of hydrogen-bond donors (Lipinski definition) is 1. The van der Waals surface area contributed by atoms with Crippen molar-refractivity contribution < 1.29 is 14.3 Å². The van der Waals surface area contributed by atoms with Gasteiger partial charge in [0.15, 0.2) is 0 Å². The quantitative estimate of drug-likeness (QED) is 0.490. The van der Waals surface area contributed by atoms with E-state index in [1.807, 2.05) is 30.3 Å². The molecule has 0 spiro atoms. The Bertz CT molecular complexity index is 781. The van der Waals surface area contributed by atoms with Gasteiger partial charge >= 0.3 is 0 Å². The highest BCUT2D eigenvalue weighted by Crippen LogP contribution is 2.16. The van der Waals surface area contributed by atoms with Crippen LogP contribution in [0.15, 0.2) is 54.6 Å². The van der Waals surface area contributed by atoms with Gasteiger partial charge in [-0.2, -0.15) is 0 Å². The molecule has 30 heavy (non-hydrogen) atoms. The molecule has 0 radical (unpaired) electrons. The summed E-state index contributed by atoms with van der Waals surface area (Å²) in [5, 5.41) is 3.58. The van der Waals surface area contributed by atoms with Crippen molar-refractivity contribution in [2.24, 2.45) is 0 Å². The minimum absolute atomic E-state index is 0.0586. The summed E-state index contributed by atoms with van der Waals surface area (Å²) in [6.07, 6.45) is 2.81. The van der Waals surface area contributed by atoms with Crippen LogP contribution in [0.25, 0.3) is 0 Å². The molecule has 0 saturated carbocycles. The van der Waals surface area contributed by atoms with E-state index in [1.165, 1.54) is 0 Å². The molecule has 0 unspecified atom stereocenters. The molecule has 2 aromatic carbocycles. The maximum Gasteiger partial charge on any atom is 0.242 e. The van der Waals surface area contributed by atoms with Crippen molar-refractivity contribution in [2.45, 2.75) is 52.1 Å². The summed E-state index contributed by atoms with van der Waals surface area (Å²) in [4.78, 5) is 27.2. The predicted octanol–water partition coefficient (Wildman–Crippen LogP) is 4.83. The highest BCUT2D eigenvalue weighted by molar-refractivity contribution is 6.30. The third-order valence-electron chi connectivity index (χ3n) is 4.81. The molecular weight excluding hydrogens is 400 g/mol. The first-order valence-electron chi connectivity index (χ1n) is 10.5. The van der Waals surface area contributed by atoms with Crippen LogP contribution >= 0.6 is 11.6 Å². The van der Waals surface area contributed by atoms with Crippen LogP contribution in [0.3, 0.4) is 0 Å². The summed E-state index contributed by atoms with van der Waals surface area (Å²) < 4.78 is 5.67. The molecule has 1 N–H and O–H groups in total. The number of unbranched alkanes of at least 4 members (excludes halogenated alkanes) is 1. The largest absolute Gasteiger partial charge is 0.494 e. The first-order valence-corrected chi connectivity index (χ1v) is 10.9. The van der Waals surface area contributed by atoms with Gasteiger partial charge in [0.1, 0.15) is 11.8 Å². The van der Waals surface area contributed by atoms with Crippen LogP contribution < -0.4 is 10.1 Å². The number of carbonyl (C=O) groups is 2. The van der Waals surface area contributed by atoms with E-state index in [0.717, 1.165) is 24.2 Å². The minimum atomic E-state index is -0.535. The molecule has 2 rings (SSSR count). The predicted molar refractivity (Wildman–Crippen MR) is 121 cm³/mol. The number of carbonyl (C=O) groups excluding carboxylic acids is 2. The van der Waals surface area contributed by atoms with Crippen molar-refractivity contribution in [1.29, 1.82) is 0 Å². The normalized spacial score (nSPS) is 11.6. The van der Waals surface area contributed by atoms with Crippen molar-refractivity contribution in [2.75, 3.05) is 13.2 Å². The Morgan fingerprint density at radius 2 is 1.77 bits per heavy atom. The van der Waals surface area contributed by atoms with Crippen molar-refractivity contribution in [1.82, 2.24) is 10.2 Å². The number of rotatable bonds is 12. The van der Waals surface area contributed by atoms with Crippen molar-refractivity contribution >= 4 is 23.4 Å². The summed E-state index contributed by atoms with van der Waals surface area (Å²) in [5.41, 5.74) is 0.997. The smallest absolute Gasteiger partial charge is 0.242 e. The van der Waals surface area contributed by atoms with Crippen LogP contribution in [0.2, 0.25) is 5.02 Å². The molecule has 2 amide bonds. The Kier molecular flexibility index (Phi) is 10.2. The van der Waals surface area contributed by atoms with Crippen LogP contribution in [-0.2, 0) is 16.1 Å². The molecule has 6 heteroatoms. The molecule has 0 aliphatic heterocycles. The van der Waals surface area contributed by atoms with Gasteiger partial charge in [0.25, 0.3) is 0 Å². The topological polar surface area (TPSA) is 58.6 Å². The van der Waals surface area contributed by atoms with Crippen molar-refractivity contribution in [3.63, 3.8) is 0 Å². The first-order chi connectivity index (χ1) is 14.5. The average Bonchev–Trinajstić information content (AvgIpc) is 2.76. The fraction of sp³-hybridized carbons (Fsp3) is 0.417. The number of amides is 2. The zero-order valence-electron chi connectivity index (χ0n) is 17.8. The van der Waals surface area contributed by atoms with Crippen LogP contribution in [0.5, 0.6) is 5.75 Å². The number of benzene rings is 2. The minimum Gasteiger partial charge on any atom is -0.494 e. The summed E-state index contributed by atoms with van der Waals surface area (Å²) in [5.74, 6) is 0.540. The monoisotopic (exact) mass is 430 g/mol. The lowest BCUT2D eigenvalue weighted by atomic mass is 10.1. The van der Waals surface area contributed by atoms with Gasteiger partial charge in [-0.1, -0.05) is 55.3 Å². The molecule has 0 fully saturated rings. The van der Waals surface area contributed by atoms with E-state index in [0.29, 0.717) is 37.6 Å². The number of hydrogen-bond acceptors (Lipinski definition) is 3. The Labute approximate surface area is 184 Å². The van der Waals surface area contributed by atoms with E-state index in [9.17, 15) is 9.59 Å². The van der Waals surface area contributed by atoms with Gasteiger partial charge < -0.3 is 15.0 Å². The summed E-state index contributed by atoms with van der Waals surface area (Å²) in [7, 11) is 0. The molecule has 162 valence electrons. The molecular formula is C24H31ClN2O3. The third-order valence-corrected chi connectivity index (χ3v) is 5.06. The van der Waals surface area contributed by atoms with E-state index in [1.54, 1.807) is 36.1 Å². The number of halogens is 1.